The van der Waals surface area contributed by atoms with Gasteiger partial charge in [-0.2, -0.15) is 0 Å². The van der Waals surface area contributed by atoms with E-state index in [1.54, 1.807) is 0 Å². The lowest BCUT2D eigenvalue weighted by Crippen LogP contribution is -2.45. The summed E-state index contributed by atoms with van der Waals surface area (Å²) in [4.78, 5) is 5.09. The fourth-order valence-electron chi connectivity index (χ4n) is 3.25. The Labute approximate surface area is 112 Å². The molecule has 0 aliphatic carbocycles. The Hall–Kier alpha value is -0.120. The lowest BCUT2D eigenvalue weighted by molar-refractivity contribution is 0.00509. The molecule has 0 spiro atoms. The fraction of sp³-hybridized carbons (Fsp3) is 1.00. The molecule has 0 radical (unpaired) electrons. The fourth-order valence-corrected chi connectivity index (χ4v) is 3.25. The Balaban J connectivity index is 1.67. The summed E-state index contributed by atoms with van der Waals surface area (Å²) in [5.74, 6) is 0.894. The molecule has 2 saturated heterocycles. The Morgan fingerprint density at radius 2 is 1.67 bits per heavy atom. The zero-order chi connectivity index (χ0) is 13.0. The van der Waals surface area contributed by atoms with Gasteiger partial charge in [0.15, 0.2) is 0 Å². The van der Waals surface area contributed by atoms with Crippen LogP contribution < -0.4 is 0 Å². The van der Waals surface area contributed by atoms with Crippen molar-refractivity contribution >= 4 is 0 Å². The first-order valence-electron chi connectivity index (χ1n) is 7.76. The van der Waals surface area contributed by atoms with Crippen molar-refractivity contribution in [3.8, 4) is 0 Å². The molecule has 0 aromatic rings. The number of rotatable bonds is 5. The molecule has 0 amide bonds. The molecule has 2 heterocycles. The van der Waals surface area contributed by atoms with Crippen LogP contribution in [0.2, 0.25) is 0 Å². The second-order valence-electron chi connectivity index (χ2n) is 6.58. The number of hydrogen-bond acceptors (Lipinski definition) is 3. The van der Waals surface area contributed by atoms with E-state index in [0.717, 1.165) is 18.9 Å². The van der Waals surface area contributed by atoms with Gasteiger partial charge in [0.1, 0.15) is 0 Å². The summed E-state index contributed by atoms with van der Waals surface area (Å²) in [6.07, 6.45) is 6.28. The first-order valence-corrected chi connectivity index (χ1v) is 7.76. The summed E-state index contributed by atoms with van der Waals surface area (Å²) in [6.45, 7) is 11.2. The maximum absolute atomic E-state index is 10.1. The van der Waals surface area contributed by atoms with Gasteiger partial charge in [-0.1, -0.05) is 6.92 Å². The minimum absolute atomic E-state index is 0.498. The smallest absolute Gasteiger partial charge is 0.0743 e. The number of nitrogens with zero attached hydrogens (tertiary/aromatic N) is 2. The molecule has 3 heteroatoms. The molecule has 2 aliphatic heterocycles. The lowest BCUT2D eigenvalue weighted by atomic mass is 9.94. The van der Waals surface area contributed by atoms with E-state index in [4.69, 9.17) is 0 Å². The lowest BCUT2D eigenvalue weighted by Gasteiger charge is -2.37. The Morgan fingerprint density at radius 1 is 1.06 bits per heavy atom. The number of aliphatic hydroxyl groups is 1. The van der Waals surface area contributed by atoms with Crippen LogP contribution in [0, 0.1) is 5.92 Å². The van der Waals surface area contributed by atoms with Crippen LogP contribution in [0.5, 0.6) is 0 Å². The van der Waals surface area contributed by atoms with Gasteiger partial charge in [-0.3, -0.25) is 0 Å². The SMILES string of the molecule is CCC(C)(O)CN1CCC(CN2CCCC2)CC1. The summed E-state index contributed by atoms with van der Waals surface area (Å²) >= 11 is 0. The minimum Gasteiger partial charge on any atom is -0.389 e. The van der Waals surface area contributed by atoms with Crippen molar-refractivity contribution in [2.75, 3.05) is 39.3 Å². The number of hydrogen-bond donors (Lipinski definition) is 1. The molecule has 0 saturated carbocycles. The van der Waals surface area contributed by atoms with Crippen molar-refractivity contribution in [2.24, 2.45) is 5.92 Å². The van der Waals surface area contributed by atoms with Crippen molar-refractivity contribution in [3.63, 3.8) is 0 Å². The number of likely N-dealkylation sites (tertiary alicyclic amines) is 2. The molecule has 1 N–H and O–H groups in total. The molecule has 0 bridgehead atoms. The summed E-state index contributed by atoms with van der Waals surface area (Å²) in [5.41, 5.74) is -0.498. The molecule has 2 rings (SSSR count). The highest BCUT2D eigenvalue weighted by Crippen LogP contribution is 2.22. The third kappa shape index (κ3) is 4.22. The van der Waals surface area contributed by atoms with E-state index < -0.39 is 5.60 Å². The molecule has 18 heavy (non-hydrogen) atoms. The molecule has 3 nitrogen and oxygen atoms in total. The van der Waals surface area contributed by atoms with Gasteiger partial charge in [-0.05, 0) is 71.1 Å². The largest absolute Gasteiger partial charge is 0.389 e. The number of β-amino-alcohol motifs (C(OH)–C–C–N with tert-alkyl or cyclic N) is 1. The third-order valence-electron chi connectivity index (χ3n) is 4.75. The van der Waals surface area contributed by atoms with Crippen LogP contribution in [0.1, 0.15) is 46.0 Å². The highest BCUT2D eigenvalue weighted by atomic mass is 16.3. The maximum atomic E-state index is 10.1. The van der Waals surface area contributed by atoms with Gasteiger partial charge < -0.3 is 14.9 Å². The van der Waals surface area contributed by atoms with E-state index >= 15 is 0 Å². The summed E-state index contributed by atoms with van der Waals surface area (Å²) in [5, 5.41) is 10.1. The summed E-state index contributed by atoms with van der Waals surface area (Å²) in [7, 11) is 0. The van der Waals surface area contributed by atoms with Crippen LogP contribution in [-0.4, -0.2) is 59.8 Å². The Morgan fingerprint density at radius 3 is 2.22 bits per heavy atom. The number of piperidine rings is 1. The molecule has 0 aromatic heterocycles. The molecule has 106 valence electrons. The van der Waals surface area contributed by atoms with Crippen molar-refractivity contribution in [1.29, 1.82) is 0 Å². The van der Waals surface area contributed by atoms with Crippen LogP contribution in [0.15, 0.2) is 0 Å². The van der Waals surface area contributed by atoms with E-state index in [1.165, 1.54) is 58.4 Å². The van der Waals surface area contributed by atoms with Crippen LogP contribution in [0.4, 0.5) is 0 Å². The Bertz CT molecular complexity index is 241. The third-order valence-corrected chi connectivity index (χ3v) is 4.75. The van der Waals surface area contributed by atoms with Gasteiger partial charge in [0.25, 0.3) is 0 Å². The second-order valence-corrected chi connectivity index (χ2v) is 6.58. The van der Waals surface area contributed by atoms with Crippen LogP contribution >= 0.6 is 0 Å². The van der Waals surface area contributed by atoms with Gasteiger partial charge in [0, 0.05) is 13.1 Å². The van der Waals surface area contributed by atoms with Gasteiger partial charge in [-0.15, -0.1) is 0 Å². The van der Waals surface area contributed by atoms with Crippen molar-refractivity contribution < 1.29 is 5.11 Å². The van der Waals surface area contributed by atoms with E-state index in [1.807, 2.05) is 6.92 Å². The second kappa shape index (κ2) is 6.36. The zero-order valence-corrected chi connectivity index (χ0v) is 12.2. The predicted molar refractivity (Wildman–Crippen MR) is 75.8 cm³/mol. The van der Waals surface area contributed by atoms with Gasteiger partial charge >= 0.3 is 0 Å². The first kappa shape index (κ1) is 14.3. The summed E-state index contributed by atoms with van der Waals surface area (Å²) < 4.78 is 0. The summed E-state index contributed by atoms with van der Waals surface area (Å²) in [6, 6.07) is 0. The monoisotopic (exact) mass is 254 g/mol. The van der Waals surface area contributed by atoms with E-state index in [0.29, 0.717) is 0 Å². The predicted octanol–water partition coefficient (Wildman–Crippen LogP) is 1.96. The van der Waals surface area contributed by atoms with Crippen molar-refractivity contribution in [1.82, 2.24) is 9.80 Å². The molecular formula is C15H30N2O. The quantitative estimate of drug-likeness (QED) is 0.812. The first-order chi connectivity index (χ1) is 8.59. The minimum atomic E-state index is -0.498. The molecule has 2 aliphatic rings. The van der Waals surface area contributed by atoms with Gasteiger partial charge in [0.05, 0.1) is 5.60 Å². The topological polar surface area (TPSA) is 26.7 Å². The highest BCUT2D eigenvalue weighted by Gasteiger charge is 2.27. The molecule has 0 aromatic carbocycles. The van der Waals surface area contributed by atoms with E-state index in [-0.39, 0.29) is 0 Å². The van der Waals surface area contributed by atoms with Crippen LogP contribution in [0.3, 0.4) is 0 Å². The Kier molecular flexibility index (Phi) is 5.05. The highest BCUT2D eigenvalue weighted by molar-refractivity contribution is 4.81. The maximum Gasteiger partial charge on any atom is 0.0743 e. The van der Waals surface area contributed by atoms with E-state index in [9.17, 15) is 5.11 Å². The van der Waals surface area contributed by atoms with Gasteiger partial charge in [-0.25, -0.2) is 0 Å². The molecular weight excluding hydrogens is 224 g/mol. The van der Waals surface area contributed by atoms with Crippen LogP contribution in [0.25, 0.3) is 0 Å². The molecule has 1 atom stereocenters. The average molecular weight is 254 g/mol. The van der Waals surface area contributed by atoms with Crippen molar-refractivity contribution in [2.45, 2.75) is 51.6 Å². The standard InChI is InChI=1S/C15H30N2O/c1-3-15(2,18)13-17-10-6-14(7-11-17)12-16-8-4-5-9-16/h14,18H,3-13H2,1-2H3. The van der Waals surface area contributed by atoms with Gasteiger partial charge in [0.2, 0.25) is 0 Å². The van der Waals surface area contributed by atoms with Crippen molar-refractivity contribution in [3.05, 3.63) is 0 Å². The zero-order valence-electron chi connectivity index (χ0n) is 12.2. The van der Waals surface area contributed by atoms with E-state index in [2.05, 4.69) is 16.7 Å². The molecule has 1 unspecified atom stereocenters. The normalized spacial score (nSPS) is 27.5. The molecule has 2 fully saturated rings. The average Bonchev–Trinajstić information content (AvgIpc) is 2.84. The van der Waals surface area contributed by atoms with Crippen LogP contribution in [-0.2, 0) is 0 Å².